The molecule has 1 amide bonds. The summed E-state index contributed by atoms with van der Waals surface area (Å²) in [5.41, 5.74) is 7.53. The molecule has 2 aromatic heterocycles. The number of fused-ring (bicyclic) bond motifs is 1. The van der Waals surface area contributed by atoms with Crippen LogP contribution in [0.3, 0.4) is 0 Å². The molecular weight excluding hydrogens is 288 g/mol. The van der Waals surface area contributed by atoms with Gasteiger partial charge in [0, 0.05) is 26.8 Å². The fourth-order valence-corrected chi connectivity index (χ4v) is 3.88. The van der Waals surface area contributed by atoms with E-state index in [0.717, 1.165) is 42.0 Å². The molecule has 1 saturated heterocycles. The standard InChI is InChI=1S/C14H20N4O2S/c1-8-10-11(15)12(21-14(10)18(2)17-8)13(19)16-5-3-9-4-6-20-7-9/h9H,3-7,15H2,1-2H3,(H,16,19). The predicted molar refractivity (Wildman–Crippen MR) is 83.6 cm³/mol. The Kier molecular flexibility index (Phi) is 3.86. The lowest BCUT2D eigenvalue weighted by atomic mass is 10.1. The van der Waals surface area contributed by atoms with E-state index in [9.17, 15) is 4.79 Å². The van der Waals surface area contributed by atoms with Gasteiger partial charge in [0.15, 0.2) is 0 Å². The van der Waals surface area contributed by atoms with Crippen LogP contribution >= 0.6 is 11.3 Å². The molecule has 7 heteroatoms. The van der Waals surface area contributed by atoms with Crippen molar-refractivity contribution in [2.24, 2.45) is 13.0 Å². The van der Waals surface area contributed by atoms with Gasteiger partial charge in [-0.3, -0.25) is 9.48 Å². The van der Waals surface area contributed by atoms with Gasteiger partial charge >= 0.3 is 0 Å². The van der Waals surface area contributed by atoms with E-state index in [1.54, 1.807) is 4.68 Å². The van der Waals surface area contributed by atoms with E-state index in [2.05, 4.69) is 10.4 Å². The van der Waals surface area contributed by atoms with Crippen molar-refractivity contribution in [3.8, 4) is 0 Å². The summed E-state index contributed by atoms with van der Waals surface area (Å²) in [7, 11) is 1.87. The maximum absolute atomic E-state index is 12.3. The third-order valence-corrected chi connectivity index (χ3v) is 5.22. The summed E-state index contributed by atoms with van der Waals surface area (Å²) in [5.74, 6) is 0.475. The number of nitrogens with zero attached hydrogens (tertiary/aromatic N) is 2. The van der Waals surface area contributed by atoms with Crippen molar-refractivity contribution < 1.29 is 9.53 Å². The first kappa shape index (κ1) is 14.3. The lowest BCUT2D eigenvalue weighted by molar-refractivity contribution is 0.0955. The summed E-state index contributed by atoms with van der Waals surface area (Å²) in [6, 6.07) is 0. The quantitative estimate of drug-likeness (QED) is 0.900. The number of nitrogen functional groups attached to an aromatic ring is 1. The molecule has 114 valence electrons. The molecule has 3 heterocycles. The van der Waals surface area contributed by atoms with E-state index in [-0.39, 0.29) is 5.91 Å². The van der Waals surface area contributed by atoms with Crippen molar-refractivity contribution in [2.45, 2.75) is 19.8 Å². The predicted octanol–water partition coefficient (Wildman–Crippen LogP) is 1.68. The normalized spacial score (nSPS) is 18.5. The van der Waals surface area contributed by atoms with Crippen LogP contribution in [0, 0.1) is 12.8 Å². The summed E-state index contributed by atoms with van der Waals surface area (Å²) < 4.78 is 7.11. The Hall–Kier alpha value is -1.60. The highest BCUT2D eigenvalue weighted by molar-refractivity contribution is 7.21. The van der Waals surface area contributed by atoms with Crippen LogP contribution < -0.4 is 11.1 Å². The highest BCUT2D eigenvalue weighted by Gasteiger charge is 2.21. The monoisotopic (exact) mass is 308 g/mol. The van der Waals surface area contributed by atoms with Crippen molar-refractivity contribution in [3.63, 3.8) is 0 Å². The molecule has 3 N–H and O–H groups in total. The number of hydrogen-bond acceptors (Lipinski definition) is 5. The first-order chi connectivity index (χ1) is 10.1. The maximum Gasteiger partial charge on any atom is 0.263 e. The summed E-state index contributed by atoms with van der Waals surface area (Å²) in [5, 5.41) is 8.19. The van der Waals surface area contributed by atoms with Gasteiger partial charge in [0.2, 0.25) is 0 Å². The summed E-state index contributed by atoms with van der Waals surface area (Å²) in [4.78, 5) is 13.8. The van der Waals surface area contributed by atoms with Crippen molar-refractivity contribution in [1.29, 1.82) is 0 Å². The number of aryl methyl sites for hydroxylation is 2. The summed E-state index contributed by atoms with van der Waals surface area (Å²) >= 11 is 1.40. The lowest BCUT2D eigenvalue weighted by Gasteiger charge is -2.08. The topological polar surface area (TPSA) is 82.2 Å². The SMILES string of the molecule is Cc1nn(C)c2sc(C(=O)NCCC3CCOC3)c(N)c12. The molecule has 6 nitrogen and oxygen atoms in total. The number of aromatic nitrogens is 2. The Labute approximate surface area is 127 Å². The Bertz CT molecular complexity index is 670. The Balaban J connectivity index is 1.69. The average molecular weight is 308 g/mol. The number of nitrogens with one attached hydrogen (secondary N) is 1. The fourth-order valence-electron chi connectivity index (χ4n) is 2.78. The third-order valence-electron chi connectivity index (χ3n) is 3.95. The minimum absolute atomic E-state index is 0.0907. The van der Waals surface area contributed by atoms with Gasteiger partial charge < -0.3 is 15.8 Å². The Morgan fingerprint density at radius 1 is 1.62 bits per heavy atom. The van der Waals surface area contributed by atoms with Gasteiger partial charge in [-0.25, -0.2) is 0 Å². The summed E-state index contributed by atoms with van der Waals surface area (Å²) in [6.45, 7) is 4.23. The number of amides is 1. The zero-order valence-corrected chi connectivity index (χ0v) is 13.1. The smallest absolute Gasteiger partial charge is 0.263 e. The molecule has 0 saturated carbocycles. The van der Waals surface area contributed by atoms with Gasteiger partial charge in [-0.15, -0.1) is 11.3 Å². The van der Waals surface area contributed by atoms with Crippen LogP contribution in [0.5, 0.6) is 0 Å². The highest BCUT2D eigenvalue weighted by Crippen LogP contribution is 2.35. The maximum atomic E-state index is 12.3. The molecule has 1 unspecified atom stereocenters. The molecule has 0 radical (unpaired) electrons. The fraction of sp³-hybridized carbons (Fsp3) is 0.571. The lowest BCUT2D eigenvalue weighted by Crippen LogP contribution is -2.26. The van der Waals surface area contributed by atoms with Crippen LogP contribution in [0.2, 0.25) is 0 Å². The number of nitrogens with two attached hydrogens (primary N) is 1. The molecule has 2 aromatic rings. The number of ether oxygens (including phenoxy) is 1. The molecule has 0 aliphatic carbocycles. The van der Waals surface area contributed by atoms with Gasteiger partial charge in [0.1, 0.15) is 9.71 Å². The van der Waals surface area contributed by atoms with Crippen molar-refractivity contribution in [2.75, 3.05) is 25.5 Å². The number of thiophene rings is 1. The third kappa shape index (κ3) is 2.63. The van der Waals surface area contributed by atoms with Crippen LogP contribution in [0.15, 0.2) is 0 Å². The molecule has 1 aliphatic rings. The van der Waals surface area contributed by atoms with Crippen molar-refractivity contribution in [3.05, 3.63) is 10.6 Å². The second kappa shape index (κ2) is 5.65. The molecule has 0 spiro atoms. The molecular formula is C14H20N4O2S. The molecule has 3 rings (SSSR count). The first-order valence-electron chi connectivity index (χ1n) is 7.15. The number of rotatable bonds is 4. The molecule has 1 fully saturated rings. The number of anilines is 1. The summed E-state index contributed by atoms with van der Waals surface area (Å²) in [6.07, 6.45) is 2.04. The minimum atomic E-state index is -0.0907. The Morgan fingerprint density at radius 3 is 3.10 bits per heavy atom. The zero-order chi connectivity index (χ0) is 15.0. The van der Waals surface area contributed by atoms with Gasteiger partial charge in [0.05, 0.1) is 16.8 Å². The molecule has 1 atom stereocenters. The van der Waals surface area contributed by atoms with Crippen LogP contribution in [0.4, 0.5) is 5.69 Å². The van der Waals surface area contributed by atoms with Crippen LogP contribution in [0.25, 0.3) is 10.2 Å². The van der Waals surface area contributed by atoms with Gasteiger partial charge in [-0.2, -0.15) is 5.10 Å². The van der Waals surface area contributed by atoms with E-state index >= 15 is 0 Å². The highest BCUT2D eigenvalue weighted by atomic mass is 32.1. The van der Waals surface area contributed by atoms with Gasteiger partial charge in [-0.1, -0.05) is 0 Å². The average Bonchev–Trinajstić information content (AvgIpc) is 3.11. The van der Waals surface area contributed by atoms with Crippen LogP contribution in [0.1, 0.15) is 28.2 Å². The van der Waals surface area contributed by atoms with Gasteiger partial charge in [-0.05, 0) is 25.7 Å². The minimum Gasteiger partial charge on any atom is -0.397 e. The largest absolute Gasteiger partial charge is 0.397 e. The van der Waals surface area contributed by atoms with Crippen molar-refractivity contribution >= 4 is 33.1 Å². The van der Waals surface area contributed by atoms with E-state index in [1.165, 1.54) is 11.3 Å². The van der Waals surface area contributed by atoms with E-state index in [0.29, 0.717) is 23.0 Å². The van der Waals surface area contributed by atoms with E-state index < -0.39 is 0 Å². The first-order valence-corrected chi connectivity index (χ1v) is 7.97. The molecule has 0 aromatic carbocycles. The van der Waals surface area contributed by atoms with E-state index in [1.807, 2.05) is 14.0 Å². The van der Waals surface area contributed by atoms with Crippen LogP contribution in [-0.2, 0) is 11.8 Å². The number of carbonyl (C=O) groups is 1. The van der Waals surface area contributed by atoms with E-state index in [4.69, 9.17) is 10.5 Å². The zero-order valence-electron chi connectivity index (χ0n) is 12.3. The molecule has 0 bridgehead atoms. The van der Waals surface area contributed by atoms with Gasteiger partial charge in [0.25, 0.3) is 5.91 Å². The van der Waals surface area contributed by atoms with Crippen LogP contribution in [-0.4, -0.2) is 35.4 Å². The Morgan fingerprint density at radius 2 is 2.43 bits per heavy atom. The number of hydrogen-bond donors (Lipinski definition) is 2. The second-order valence-corrected chi connectivity index (χ2v) is 6.51. The molecule has 21 heavy (non-hydrogen) atoms. The number of carbonyl (C=O) groups excluding carboxylic acids is 1. The second-order valence-electron chi connectivity index (χ2n) is 5.51. The molecule has 1 aliphatic heterocycles. The van der Waals surface area contributed by atoms with Crippen molar-refractivity contribution in [1.82, 2.24) is 15.1 Å².